The van der Waals surface area contributed by atoms with E-state index in [1.807, 2.05) is 29.3 Å². The van der Waals surface area contributed by atoms with Crippen LogP contribution in [-0.4, -0.2) is 16.3 Å². The van der Waals surface area contributed by atoms with Crippen LogP contribution in [0.1, 0.15) is 53.2 Å². The number of aryl methyl sites for hydroxylation is 3. The van der Waals surface area contributed by atoms with Gasteiger partial charge in [0.2, 0.25) is 0 Å². The smallest absolute Gasteiger partial charge is 0.0643 e. The zero-order valence-corrected chi connectivity index (χ0v) is 13.9. The van der Waals surface area contributed by atoms with Crippen molar-refractivity contribution in [1.82, 2.24) is 15.1 Å². The Morgan fingerprint density at radius 2 is 2.19 bits per heavy atom. The normalized spacial score (nSPS) is 16.5. The molecule has 4 heteroatoms. The van der Waals surface area contributed by atoms with Gasteiger partial charge in [-0.15, -0.1) is 11.3 Å². The van der Waals surface area contributed by atoms with E-state index >= 15 is 0 Å². The lowest BCUT2D eigenvalue weighted by Gasteiger charge is -2.15. The van der Waals surface area contributed by atoms with Crippen LogP contribution in [0.15, 0.2) is 18.3 Å². The Labute approximate surface area is 131 Å². The van der Waals surface area contributed by atoms with Crippen molar-refractivity contribution in [3.05, 3.63) is 39.3 Å². The zero-order valence-electron chi connectivity index (χ0n) is 13.1. The second-order valence-electron chi connectivity index (χ2n) is 5.95. The molecule has 0 saturated carbocycles. The third-order valence-electron chi connectivity index (χ3n) is 4.24. The second kappa shape index (κ2) is 6.75. The van der Waals surface area contributed by atoms with Crippen molar-refractivity contribution in [2.24, 2.45) is 7.05 Å². The predicted octanol–water partition coefficient (Wildman–Crippen LogP) is 3.64. The summed E-state index contributed by atoms with van der Waals surface area (Å²) in [5.41, 5.74) is 2.78. The molecule has 0 radical (unpaired) electrons. The predicted molar refractivity (Wildman–Crippen MR) is 88.9 cm³/mol. The standard InChI is InChI=1S/C17H25N3S/c1-3-18-15(12-14-9-10-20(2)19-14)17-11-13-7-5-4-6-8-16(13)21-17/h9-11,15,18H,3-8,12H2,1-2H3. The highest BCUT2D eigenvalue weighted by Crippen LogP contribution is 2.33. The van der Waals surface area contributed by atoms with Gasteiger partial charge in [0.1, 0.15) is 0 Å². The van der Waals surface area contributed by atoms with E-state index in [1.165, 1.54) is 42.7 Å². The number of nitrogens with one attached hydrogen (secondary N) is 1. The Hall–Kier alpha value is -1.13. The lowest BCUT2D eigenvalue weighted by molar-refractivity contribution is 0.547. The molecule has 1 aliphatic carbocycles. The number of nitrogens with zero attached hydrogens (tertiary/aromatic N) is 2. The number of rotatable bonds is 5. The molecule has 2 aromatic rings. The van der Waals surface area contributed by atoms with E-state index in [-0.39, 0.29) is 0 Å². The minimum absolute atomic E-state index is 0.404. The summed E-state index contributed by atoms with van der Waals surface area (Å²) < 4.78 is 1.89. The number of hydrogen-bond acceptors (Lipinski definition) is 3. The molecule has 114 valence electrons. The minimum atomic E-state index is 0.404. The van der Waals surface area contributed by atoms with Crippen molar-refractivity contribution in [1.29, 1.82) is 0 Å². The molecule has 0 amide bonds. The van der Waals surface area contributed by atoms with Crippen LogP contribution in [0.5, 0.6) is 0 Å². The van der Waals surface area contributed by atoms with E-state index in [4.69, 9.17) is 0 Å². The fraction of sp³-hybridized carbons (Fsp3) is 0.588. The summed E-state index contributed by atoms with van der Waals surface area (Å²) in [5, 5.41) is 8.18. The molecule has 21 heavy (non-hydrogen) atoms. The monoisotopic (exact) mass is 303 g/mol. The largest absolute Gasteiger partial charge is 0.309 e. The van der Waals surface area contributed by atoms with Gasteiger partial charge < -0.3 is 5.32 Å². The van der Waals surface area contributed by atoms with Gasteiger partial charge in [-0.2, -0.15) is 5.10 Å². The topological polar surface area (TPSA) is 29.9 Å². The van der Waals surface area contributed by atoms with E-state index in [0.717, 1.165) is 13.0 Å². The highest BCUT2D eigenvalue weighted by molar-refractivity contribution is 7.12. The molecule has 3 nitrogen and oxygen atoms in total. The summed E-state index contributed by atoms with van der Waals surface area (Å²) in [6.07, 6.45) is 9.67. The Kier molecular flexibility index (Phi) is 4.76. The maximum absolute atomic E-state index is 4.54. The van der Waals surface area contributed by atoms with Crippen LogP contribution in [0.3, 0.4) is 0 Å². The van der Waals surface area contributed by atoms with Gasteiger partial charge in [0, 0.05) is 35.5 Å². The molecular formula is C17H25N3S. The molecule has 1 aliphatic rings. The lowest BCUT2D eigenvalue weighted by atomic mass is 10.1. The van der Waals surface area contributed by atoms with Crippen molar-refractivity contribution in [2.45, 2.75) is 51.5 Å². The number of thiophene rings is 1. The third kappa shape index (κ3) is 3.55. The summed E-state index contributed by atoms with van der Waals surface area (Å²) in [4.78, 5) is 3.13. The fourth-order valence-electron chi connectivity index (χ4n) is 3.16. The maximum atomic E-state index is 4.54. The van der Waals surface area contributed by atoms with Crippen molar-refractivity contribution in [3.63, 3.8) is 0 Å². The molecule has 1 atom stereocenters. The van der Waals surface area contributed by atoms with Gasteiger partial charge in [-0.3, -0.25) is 4.68 Å². The molecule has 0 saturated heterocycles. The van der Waals surface area contributed by atoms with Crippen LogP contribution in [0.4, 0.5) is 0 Å². The van der Waals surface area contributed by atoms with Crippen molar-refractivity contribution in [2.75, 3.05) is 6.54 Å². The van der Waals surface area contributed by atoms with Gasteiger partial charge in [0.15, 0.2) is 0 Å². The van der Waals surface area contributed by atoms with Gasteiger partial charge in [0.25, 0.3) is 0 Å². The Morgan fingerprint density at radius 1 is 1.33 bits per heavy atom. The van der Waals surface area contributed by atoms with Gasteiger partial charge in [-0.25, -0.2) is 0 Å². The highest BCUT2D eigenvalue weighted by atomic mass is 32.1. The summed E-state index contributed by atoms with van der Waals surface area (Å²) in [7, 11) is 1.99. The van der Waals surface area contributed by atoms with Crippen molar-refractivity contribution >= 4 is 11.3 Å². The summed E-state index contributed by atoms with van der Waals surface area (Å²) in [6.45, 7) is 3.18. The Morgan fingerprint density at radius 3 is 2.95 bits per heavy atom. The van der Waals surface area contributed by atoms with Crippen LogP contribution in [0.2, 0.25) is 0 Å². The summed E-state index contributed by atoms with van der Waals surface area (Å²) >= 11 is 2.03. The van der Waals surface area contributed by atoms with Crippen LogP contribution in [0, 0.1) is 0 Å². The molecule has 0 aliphatic heterocycles. The molecular weight excluding hydrogens is 278 g/mol. The van der Waals surface area contributed by atoms with Crippen molar-refractivity contribution < 1.29 is 0 Å². The molecule has 0 bridgehead atoms. The first-order chi connectivity index (χ1) is 10.3. The van der Waals surface area contributed by atoms with Crippen LogP contribution < -0.4 is 5.32 Å². The van der Waals surface area contributed by atoms with E-state index in [1.54, 1.807) is 10.4 Å². The number of fused-ring (bicyclic) bond motifs is 1. The summed E-state index contributed by atoms with van der Waals surface area (Å²) in [6, 6.07) is 4.99. The summed E-state index contributed by atoms with van der Waals surface area (Å²) in [5.74, 6) is 0. The van der Waals surface area contributed by atoms with Crippen LogP contribution in [0.25, 0.3) is 0 Å². The molecule has 0 aromatic carbocycles. The quantitative estimate of drug-likeness (QED) is 0.855. The molecule has 0 fully saturated rings. The second-order valence-corrected chi connectivity index (χ2v) is 7.12. The molecule has 3 rings (SSSR count). The first-order valence-electron chi connectivity index (χ1n) is 8.09. The Bertz CT molecular complexity index is 561. The SMILES string of the molecule is CCNC(Cc1ccn(C)n1)c1cc2c(s1)CCCCC2. The third-order valence-corrected chi connectivity index (χ3v) is 5.59. The zero-order chi connectivity index (χ0) is 14.7. The maximum Gasteiger partial charge on any atom is 0.0643 e. The van der Waals surface area contributed by atoms with E-state index in [0.29, 0.717) is 6.04 Å². The highest BCUT2D eigenvalue weighted by Gasteiger charge is 2.19. The number of aromatic nitrogens is 2. The van der Waals surface area contributed by atoms with Crippen molar-refractivity contribution in [3.8, 4) is 0 Å². The molecule has 0 spiro atoms. The molecule has 2 heterocycles. The van der Waals surface area contributed by atoms with Gasteiger partial charge in [0.05, 0.1) is 5.69 Å². The molecule has 1 unspecified atom stereocenters. The lowest BCUT2D eigenvalue weighted by Crippen LogP contribution is -2.22. The average Bonchev–Trinajstić information content (AvgIpc) is 2.99. The number of hydrogen-bond donors (Lipinski definition) is 1. The van der Waals surface area contributed by atoms with E-state index in [2.05, 4.69) is 29.5 Å². The van der Waals surface area contributed by atoms with Crippen LogP contribution >= 0.6 is 11.3 Å². The number of likely N-dealkylation sites (N-methyl/N-ethyl adjacent to an activating group) is 1. The average molecular weight is 303 g/mol. The Balaban J connectivity index is 1.80. The van der Waals surface area contributed by atoms with Gasteiger partial charge >= 0.3 is 0 Å². The van der Waals surface area contributed by atoms with Gasteiger partial charge in [-0.1, -0.05) is 13.3 Å². The minimum Gasteiger partial charge on any atom is -0.309 e. The van der Waals surface area contributed by atoms with E-state index in [9.17, 15) is 0 Å². The molecule has 1 N–H and O–H groups in total. The van der Waals surface area contributed by atoms with Crippen LogP contribution in [-0.2, 0) is 26.3 Å². The molecule has 2 aromatic heterocycles. The first kappa shape index (κ1) is 14.8. The van der Waals surface area contributed by atoms with Gasteiger partial charge in [-0.05, 0) is 49.9 Å². The van der Waals surface area contributed by atoms with E-state index < -0.39 is 0 Å². The fourth-order valence-corrected chi connectivity index (χ4v) is 4.50. The first-order valence-corrected chi connectivity index (χ1v) is 8.91.